The Morgan fingerprint density at radius 2 is 1.97 bits per heavy atom. The average Bonchev–Trinajstić information content (AvgIpc) is 3.62. The molecule has 4 N–H and O–H groups in total. The molecule has 38 heavy (non-hydrogen) atoms. The molecule has 1 aliphatic heterocycles. The lowest BCUT2D eigenvalue weighted by atomic mass is 10.1. The Bertz CT molecular complexity index is 1500. The van der Waals surface area contributed by atoms with E-state index < -0.39 is 6.10 Å². The van der Waals surface area contributed by atoms with Gasteiger partial charge in [0.05, 0.1) is 22.8 Å². The number of aryl methyl sites for hydroxylation is 1. The number of pyridine rings is 1. The molecular weight excluding hydrogens is 500 g/mol. The average molecular weight is 533 g/mol. The second-order valence-corrected chi connectivity index (χ2v) is 11.0. The number of rotatable bonds is 8. The van der Waals surface area contributed by atoms with Gasteiger partial charge in [0.1, 0.15) is 11.4 Å². The van der Waals surface area contributed by atoms with Crippen LogP contribution in [0, 0.1) is 12.8 Å². The molecule has 0 amide bonds. The number of hydrogen-bond donors (Lipinski definition) is 4. The molecule has 2 fully saturated rings. The van der Waals surface area contributed by atoms with E-state index in [0.717, 1.165) is 48.7 Å². The molecule has 1 atom stereocenters. The second-order valence-electron chi connectivity index (χ2n) is 10.5. The van der Waals surface area contributed by atoms with Crippen molar-refractivity contribution in [3.8, 4) is 11.4 Å². The topological polar surface area (TPSA) is 100 Å². The fourth-order valence-electron chi connectivity index (χ4n) is 5.33. The number of hydrogen-bond acceptors (Lipinski definition) is 6. The molecule has 2 aromatic heterocycles. The van der Waals surface area contributed by atoms with Gasteiger partial charge >= 0.3 is 0 Å². The maximum atomic E-state index is 12.9. The number of imidazole rings is 1. The van der Waals surface area contributed by atoms with E-state index in [-0.39, 0.29) is 12.1 Å². The SMILES string of the molecule is Cc1cc(N2CCN(CC3CC3)CC2)cc2[nH]c(-c3c(NCC(O)c4cccc(Cl)c4)cc[nH]c3=O)nc12. The molecule has 9 heteroatoms. The highest BCUT2D eigenvalue weighted by Crippen LogP contribution is 2.32. The van der Waals surface area contributed by atoms with Crippen LogP contribution in [-0.4, -0.2) is 64.2 Å². The number of aromatic nitrogens is 3. The minimum absolute atomic E-state index is 0.215. The first-order chi connectivity index (χ1) is 18.4. The molecule has 0 bridgehead atoms. The van der Waals surface area contributed by atoms with Crippen LogP contribution in [0.3, 0.4) is 0 Å². The Balaban J connectivity index is 1.23. The monoisotopic (exact) mass is 532 g/mol. The van der Waals surface area contributed by atoms with Crippen molar-refractivity contribution in [1.82, 2.24) is 19.9 Å². The molecule has 1 aliphatic carbocycles. The summed E-state index contributed by atoms with van der Waals surface area (Å²) in [5.41, 5.74) is 5.47. The largest absolute Gasteiger partial charge is 0.387 e. The number of benzene rings is 2. The van der Waals surface area contributed by atoms with Gasteiger partial charge in [-0.3, -0.25) is 9.69 Å². The Hall–Kier alpha value is -3.33. The zero-order valence-corrected chi connectivity index (χ0v) is 22.3. The number of nitrogens with one attached hydrogen (secondary N) is 3. The predicted molar refractivity (Wildman–Crippen MR) is 153 cm³/mol. The van der Waals surface area contributed by atoms with Crippen LogP contribution < -0.4 is 15.8 Å². The smallest absolute Gasteiger partial charge is 0.261 e. The number of aliphatic hydroxyl groups is 1. The quantitative estimate of drug-likeness (QED) is 0.265. The van der Waals surface area contributed by atoms with Crippen LogP contribution in [0.4, 0.5) is 11.4 Å². The third-order valence-electron chi connectivity index (χ3n) is 7.63. The number of H-pyrrole nitrogens is 2. The van der Waals surface area contributed by atoms with Crippen molar-refractivity contribution < 1.29 is 5.11 Å². The van der Waals surface area contributed by atoms with E-state index in [2.05, 4.69) is 44.1 Å². The minimum Gasteiger partial charge on any atom is -0.387 e. The molecule has 2 aromatic carbocycles. The standard InChI is InChI=1S/C29H33ClN6O2/c1-18-13-22(36-11-9-35(10-12-36)17-19-5-6-19)15-24-27(18)34-28(33-24)26-23(7-8-31-29(26)38)32-16-25(37)20-3-2-4-21(30)14-20/h2-4,7-8,13-15,19,25,37H,5-6,9-12,16-17H2,1H3,(H,33,34)(H2,31,32,38). The number of piperazine rings is 1. The summed E-state index contributed by atoms with van der Waals surface area (Å²) in [5.74, 6) is 1.42. The van der Waals surface area contributed by atoms with Crippen molar-refractivity contribution in [1.29, 1.82) is 0 Å². The van der Waals surface area contributed by atoms with E-state index in [1.807, 2.05) is 6.07 Å². The first-order valence-corrected chi connectivity index (χ1v) is 13.7. The number of nitrogens with zero attached hydrogens (tertiary/aromatic N) is 3. The third kappa shape index (κ3) is 5.29. The molecule has 2 aliphatic rings. The predicted octanol–water partition coefficient (Wildman–Crippen LogP) is 4.56. The van der Waals surface area contributed by atoms with E-state index in [9.17, 15) is 9.90 Å². The van der Waals surface area contributed by atoms with Crippen molar-refractivity contribution in [2.24, 2.45) is 5.92 Å². The van der Waals surface area contributed by atoms with Crippen molar-refractivity contribution in [2.75, 3.05) is 49.5 Å². The number of aromatic amines is 2. The van der Waals surface area contributed by atoms with Gasteiger partial charge in [-0.2, -0.15) is 0 Å². The summed E-state index contributed by atoms with van der Waals surface area (Å²) in [6.07, 6.45) is 3.59. The first kappa shape index (κ1) is 25.0. The first-order valence-electron chi connectivity index (χ1n) is 13.3. The van der Waals surface area contributed by atoms with Crippen LogP contribution in [0.5, 0.6) is 0 Å². The number of aliphatic hydroxyl groups excluding tert-OH is 1. The lowest BCUT2D eigenvalue weighted by Crippen LogP contribution is -2.47. The van der Waals surface area contributed by atoms with Crippen LogP contribution in [0.1, 0.15) is 30.1 Å². The number of fused-ring (bicyclic) bond motifs is 1. The molecule has 1 saturated carbocycles. The van der Waals surface area contributed by atoms with Gasteiger partial charge in [-0.05, 0) is 67.1 Å². The molecule has 0 radical (unpaired) electrons. The van der Waals surface area contributed by atoms with Crippen LogP contribution in [0.25, 0.3) is 22.4 Å². The van der Waals surface area contributed by atoms with Gasteiger partial charge in [0.15, 0.2) is 0 Å². The molecule has 8 nitrogen and oxygen atoms in total. The van der Waals surface area contributed by atoms with E-state index in [1.54, 1.807) is 30.5 Å². The minimum atomic E-state index is -0.786. The van der Waals surface area contributed by atoms with E-state index in [4.69, 9.17) is 16.6 Å². The van der Waals surface area contributed by atoms with Gasteiger partial charge in [0.25, 0.3) is 5.56 Å². The summed E-state index contributed by atoms with van der Waals surface area (Å²) < 4.78 is 0. The molecule has 198 valence electrons. The molecule has 3 heterocycles. The van der Waals surface area contributed by atoms with Crippen LogP contribution in [-0.2, 0) is 0 Å². The fourth-order valence-corrected chi connectivity index (χ4v) is 5.52. The lowest BCUT2D eigenvalue weighted by Gasteiger charge is -2.36. The summed E-state index contributed by atoms with van der Waals surface area (Å²) in [6, 6.07) is 13.3. The van der Waals surface area contributed by atoms with Gasteiger partial charge in [0, 0.05) is 56.2 Å². The summed E-state index contributed by atoms with van der Waals surface area (Å²) in [6.45, 7) is 7.74. The van der Waals surface area contributed by atoms with E-state index >= 15 is 0 Å². The Morgan fingerprint density at radius 3 is 2.74 bits per heavy atom. The Morgan fingerprint density at radius 1 is 1.16 bits per heavy atom. The second kappa shape index (κ2) is 10.4. The highest BCUT2D eigenvalue weighted by molar-refractivity contribution is 6.30. The maximum Gasteiger partial charge on any atom is 0.261 e. The number of anilines is 2. The van der Waals surface area contributed by atoms with Gasteiger partial charge in [0.2, 0.25) is 0 Å². The van der Waals surface area contributed by atoms with Gasteiger partial charge in [-0.25, -0.2) is 4.98 Å². The molecular formula is C29H33ClN6O2. The zero-order chi connectivity index (χ0) is 26.2. The summed E-state index contributed by atoms with van der Waals surface area (Å²) >= 11 is 6.08. The fraction of sp³-hybridized carbons (Fsp3) is 0.379. The van der Waals surface area contributed by atoms with Gasteiger partial charge in [-0.15, -0.1) is 0 Å². The number of halogens is 1. The van der Waals surface area contributed by atoms with Crippen molar-refractivity contribution >= 4 is 34.0 Å². The molecule has 1 saturated heterocycles. The summed E-state index contributed by atoms with van der Waals surface area (Å²) in [7, 11) is 0. The maximum absolute atomic E-state index is 12.9. The van der Waals surface area contributed by atoms with Gasteiger partial charge in [-0.1, -0.05) is 23.7 Å². The molecule has 4 aromatic rings. The Kier molecular flexibility index (Phi) is 6.86. The molecule has 0 spiro atoms. The van der Waals surface area contributed by atoms with Crippen LogP contribution in [0.15, 0.2) is 53.5 Å². The van der Waals surface area contributed by atoms with E-state index in [1.165, 1.54) is 25.1 Å². The van der Waals surface area contributed by atoms with Crippen molar-refractivity contribution in [3.05, 3.63) is 75.2 Å². The van der Waals surface area contributed by atoms with Crippen LogP contribution in [0.2, 0.25) is 5.02 Å². The Labute approximate surface area is 226 Å². The third-order valence-corrected chi connectivity index (χ3v) is 7.86. The van der Waals surface area contributed by atoms with E-state index in [0.29, 0.717) is 27.7 Å². The van der Waals surface area contributed by atoms with Gasteiger partial charge < -0.3 is 25.3 Å². The summed E-state index contributed by atoms with van der Waals surface area (Å²) in [5, 5.41) is 14.5. The summed E-state index contributed by atoms with van der Waals surface area (Å²) in [4.78, 5) is 28.9. The van der Waals surface area contributed by atoms with Crippen molar-refractivity contribution in [3.63, 3.8) is 0 Å². The zero-order valence-electron chi connectivity index (χ0n) is 21.5. The molecule has 6 rings (SSSR count). The molecule has 1 unspecified atom stereocenters. The van der Waals surface area contributed by atoms with Crippen LogP contribution >= 0.6 is 11.6 Å². The highest BCUT2D eigenvalue weighted by atomic mass is 35.5. The highest BCUT2D eigenvalue weighted by Gasteiger charge is 2.27. The normalized spacial score (nSPS) is 17.2. The lowest BCUT2D eigenvalue weighted by molar-refractivity contribution is 0.191. The van der Waals surface area contributed by atoms with Crippen molar-refractivity contribution in [2.45, 2.75) is 25.9 Å².